The van der Waals surface area contributed by atoms with Crippen LogP contribution in [-0.2, 0) is 6.54 Å². The molecule has 0 bridgehead atoms. The monoisotopic (exact) mass is 234 g/mol. The number of rotatable bonds is 3. The summed E-state index contributed by atoms with van der Waals surface area (Å²) in [6.07, 6.45) is 6.75. The third kappa shape index (κ3) is 2.67. The first-order chi connectivity index (χ1) is 7.75. The number of anilines is 1. The molecule has 0 spiro atoms. The SMILES string of the molecule is Cc1ccncc1CNc1cncc(Cl)n1. The van der Waals surface area contributed by atoms with Crippen LogP contribution in [-0.4, -0.2) is 15.0 Å². The average molecular weight is 235 g/mol. The highest BCUT2D eigenvalue weighted by atomic mass is 35.5. The maximum Gasteiger partial charge on any atom is 0.149 e. The Morgan fingerprint density at radius 2 is 2.12 bits per heavy atom. The van der Waals surface area contributed by atoms with Gasteiger partial charge in [0.2, 0.25) is 0 Å². The highest BCUT2D eigenvalue weighted by molar-refractivity contribution is 6.29. The van der Waals surface area contributed by atoms with Crippen LogP contribution >= 0.6 is 11.6 Å². The van der Waals surface area contributed by atoms with E-state index in [-0.39, 0.29) is 0 Å². The lowest BCUT2D eigenvalue weighted by Gasteiger charge is -2.07. The van der Waals surface area contributed by atoms with Crippen LogP contribution in [0.2, 0.25) is 5.15 Å². The number of halogens is 1. The summed E-state index contributed by atoms with van der Waals surface area (Å²) >= 11 is 5.73. The molecule has 16 heavy (non-hydrogen) atoms. The molecule has 0 amide bonds. The third-order valence-corrected chi connectivity index (χ3v) is 2.39. The fourth-order valence-corrected chi connectivity index (χ4v) is 1.44. The molecule has 82 valence electrons. The quantitative estimate of drug-likeness (QED) is 0.886. The minimum Gasteiger partial charge on any atom is -0.365 e. The standard InChI is InChI=1S/C11H11ClN4/c1-8-2-3-13-4-9(8)5-15-11-7-14-6-10(12)16-11/h2-4,6-7H,5H2,1H3,(H,15,16). The van der Waals surface area contributed by atoms with Gasteiger partial charge in [-0.2, -0.15) is 0 Å². The van der Waals surface area contributed by atoms with Crippen LogP contribution in [0, 0.1) is 6.92 Å². The molecule has 0 aliphatic heterocycles. The van der Waals surface area contributed by atoms with E-state index in [1.807, 2.05) is 19.2 Å². The van der Waals surface area contributed by atoms with Crippen molar-refractivity contribution in [1.82, 2.24) is 15.0 Å². The number of nitrogens with one attached hydrogen (secondary N) is 1. The van der Waals surface area contributed by atoms with Crippen molar-refractivity contribution in [2.45, 2.75) is 13.5 Å². The van der Waals surface area contributed by atoms with Crippen LogP contribution in [0.4, 0.5) is 5.82 Å². The Bertz CT molecular complexity index is 487. The summed E-state index contributed by atoms with van der Waals surface area (Å²) in [6, 6.07) is 1.97. The highest BCUT2D eigenvalue weighted by Gasteiger charge is 1.99. The second-order valence-corrected chi connectivity index (χ2v) is 3.77. The molecule has 5 heteroatoms. The maximum absolute atomic E-state index is 5.73. The first-order valence-electron chi connectivity index (χ1n) is 4.86. The van der Waals surface area contributed by atoms with Gasteiger partial charge in [-0.25, -0.2) is 4.98 Å². The van der Waals surface area contributed by atoms with Crippen molar-refractivity contribution in [2.24, 2.45) is 0 Å². The largest absolute Gasteiger partial charge is 0.365 e. The predicted molar refractivity (Wildman–Crippen MR) is 63.3 cm³/mol. The topological polar surface area (TPSA) is 50.7 Å². The second-order valence-electron chi connectivity index (χ2n) is 3.38. The molecular weight excluding hydrogens is 224 g/mol. The number of nitrogens with zero attached hydrogens (tertiary/aromatic N) is 3. The van der Waals surface area contributed by atoms with Crippen LogP contribution in [0.15, 0.2) is 30.9 Å². The molecule has 0 saturated carbocycles. The Labute approximate surface area is 98.7 Å². The predicted octanol–water partition coefficient (Wildman–Crippen LogP) is 2.45. The van der Waals surface area contributed by atoms with Crippen molar-refractivity contribution < 1.29 is 0 Å². The number of pyridine rings is 1. The van der Waals surface area contributed by atoms with Gasteiger partial charge in [-0.05, 0) is 24.1 Å². The van der Waals surface area contributed by atoms with Crippen molar-refractivity contribution in [1.29, 1.82) is 0 Å². The lowest BCUT2D eigenvalue weighted by Crippen LogP contribution is -2.03. The Hall–Kier alpha value is -1.68. The fraction of sp³-hybridized carbons (Fsp3) is 0.182. The Morgan fingerprint density at radius 3 is 2.88 bits per heavy atom. The molecule has 1 N–H and O–H groups in total. The zero-order valence-corrected chi connectivity index (χ0v) is 9.57. The van der Waals surface area contributed by atoms with Gasteiger partial charge in [0.25, 0.3) is 0 Å². The molecule has 2 rings (SSSR count). The van der Waals surface area contributed by atoms with E-state index in [1.54, 1.807) is 12.4 Å². The smallest absolute Gasteiger partial charge is 0.149 e. The third-order valence-electron chi connectivity index (χ3n) is 2.21. The minimum atomic E-state index is 0.382. The van der Waals surface area contributed by atoms with Gasteiger partial charge in [-0.1, -0.05) is 11.6 Å². The molecular formula is C11H11ClN4. The highest BCUT2D eigenvalue weighted by Crippen LogP contribution is 2.10. The Morgan fingerprint density at radius 1 is 1.25 bits per heavy atom. The first-order valence-corrected chi connectivity index (χ1v) is 5.24. The van der Waals surface area contributed by atoms with Crippen LogP contribution < -0.4 is 5.32 Å². The molecule has 4 nitrogen and oxygen atoms in total. The molecule has 0 aromatic carbocycles. The van der Waals surface area contributed by atoms with E-state index in [2.05, 4.69) is 20.3 Å². The lowest BCUT2D eigenvalue weighted by molar-refractivity contribution is 1.05. The van der Waals surface area contributed by atoms with E-state index in [9.17, 15) is 0 Å². The van der Waals surface area contributed by atoms with Gasteiger partial charge in [-0.3, -0.25) is 9.97 Å². The zero-order valence-electron chi connectivity index (χ0n) is 8.81. The molecule has 0 aliphatic carbocycles. The summed E-state index contributed by atoms with van der Waals surface area (Å²) in [7, 11) is 0. The van der Waals surface area contributed by atoms with Crippen molar-refractivity contribution in [3.8, 4) is 0 Å². The number of aromatic nitrogens is 3. The molecule has 0 atom stereocenters. The fourth-order valence-electron chi connectivity index (χ4n) is 1.29. The summed E-state index contributed by atoms with van der Waals surface area (Å²) < 4.78 is 0. The van der Waals surface area contributed by atoms with E-state index < -0.39 is 0 Å². The normalized spacial score (nSPS) is 10.1. The average Bonchev–Trinajstić information content (AvgIpc) is 2.28. The van der Waals surface area contributed by atoms with Gasteiger partial charge in [0.1, 0.15) is 11.0 Å². The van der Waals surface area contributed by atoms with Crippen molar-refractivity contribution in [2.75, 3.05) is 5.32 Å². The summed E-state index contributed by atoms with van der Waals surface area (Å²) in [4.78, 5) is 12.1. The first kappa shape index (κ1) is 10.8. The molecule has 2 heterocycles. The van der Waals surface area contributed by atoms with Crippen LogP contribution in [0.1, 0.15) is 11.1 Å². The van der Waals surface area contributed by atoms with Gasteiger partial charge in [0.15, 0.2) is 0 Å². The van der Waals surface area contributed by atoms with E-state index >= 15 is 0 Å². The summed E-state index contributed by atoms with van der Waals surface area (Å²) in [6.45, 7) is 2.71. The van der Waals surface area contributed by atoms with Crippen LogP contribution in [0.3, 0.4) is 0 Å². The van der Waals surface area contributed by atoms with E-state index in [1.165, 1.54) is 11.8 Å². The summed E-state index contributed by atoms with van der Waals surface area (Å²) in [5, 5.41) is 3.53. The minimum absolute atomic E-state index is 0.382. The molecule has 2 aromatic heterocycles. The van der Waals surface area contributed by atoms with E-state index in [0.29, 0.717) is 17.5 Å². The lowest BCUT2D eigenvalue weighted by atomic mass is 10.2. The Kier molecular flexibility index (Phi) is 3.31. The molecule has 0 aliphatic rings. The zero-order chi connectivity index (χ0) is 11.4. The second kappa shape index (κ2) is 4.90. The number of aryl methyl sites for hydroxylation is 1. The van der Waals surface area contributed by atoms with Crippen molar-refractivity contribution in [3.63, 3.8) is 0 Å². The maximum atomic E-state index is 5.73. The number of hydrogen-bond acceptors (Lipinski definition) is 4. The molecule has 0 radical (unpaired) electrons. The molecule has 0 saturated heterocycles. The van der Waals surface area contributed by atoms with Gasteiger partial charge >= 0.3 is 0 Å². The van der Waals surface area contributed by atoms with Gasteiger partial charge in [0, 0.05) is 18.9 Å². The van der Waals surface area contributed by atoms with Gasteiger partial charge in [-0.15, -0.1) is 0 Å². The van der Waals surface area contributed by atoms with Gasteiger partial charge in [0.05, 0.1) is 12.4 Å². The van der Waals surface area contributed by atoms with Crippen LogP contribution in [0.5, 0.6) is 0 Å². The van der Waals surface area contributed by atoms with Crippen LogP contribution in [0.25, 0.3) is 0 Å². The molecule has 2 aromatic rings. The summed E-state index contributed by atoms with van der Waals surface area (Å²) in [5.74, 6) is 0.663. The Balaban J connectivity index is 2.05. The van der Waals surface area contributed by atoms with Gasteiger partial charge < -0.3 is 5.32 Å². The molecule has 0 fully saturated rings. The van der Waals surface area contributed by atoms with Crippen molar-refractivity contribution in [3.05, 3.63) is 47.1 Å². The summed E-state index contributed by atoms with van der Waals surface area (Å²) in [5.41, 5.74) is 2.32. The van der Waals surface area contributed by atoms with E-state index in [0.717, 1.165) is 5.56 Å². The van der Waals surface area contributed by atoms with Crippen molar-refractivity contribution >= 4 is 17.4 Å². The molecule has 0 unspecified atom stereocenters. The van der Waals surface area contributed by atoms with E-state index in [4.69, 9.17) is 11.6 Å². The number of hydrogen-bond donors (Lipinski definition) is 1.